The van der Waals surface area contributed by atoms with Crippen LogP contribution in [0.3, 0.4) is 0 Å². The predicted octanol–water partition coefficient (Wildman–Crippen LogP) is 3.25. The molecule has 0 amide bonds. The Morgan fingerprint density at radius 2 is 1.36 bits per heavy atom. The standard InChI is InChI=1S/C18H22O4/c1-10-8-11(2)15(12(3)9-10)17(20)16(19)13-4-6-14(7-5-13)18(21)22/h8-9,13-14H,4-7H2,1-3H3,(H,21,22). The van der Waals surface area contributed by atoms with E-state index >= 15 is 0 Å². The molecule has 0 heterocycles. The summed E-state index contributed by atoms with van der Waals surface area (Å²) >= 11 is 0. The molecule has 0 unspecified atom stereocenters. The first-order chi connectivity index (χ1) is 10.3. The first kappa shape index (κ1) is 16.4. The van der Waals surface area contributed by atoms with E-state index in [1.807, 2.05) is 32.9 Å². The highest BCUT2D eigenvalue weighted by Gasteiger charge is 2.33. The fraction of sp³-hybridized carbons (Fsp3) is 0.500. The Kier molecular flexibility index (Phi) is 4.79. The Hall–Kier alpha value is -1.97. The first-order valence-corrected chi connectivity index (χ1v) is 7.70. The van der Waals surface area contributed by atoms with Crippen LogP contribution in [0.1, 0.15) is 52.7 Å². The van der Waals surface area contributed by atoms with Crippen LogP contribution in [0.5, 0.6) is 0 Å². The molecule has 0 bridgehead atoms. The molecule has 0 radical (unpaired) electrons. The van der Waals surface area contributed by atoms with Crippen molar-refractivity contribution in [2.24, 2.45) is 11.8 Å². The van der Waals surface area contributed by atoms with Crippen molar-refractivity contribution in [2.45, 2.75) is 46.5 Å². The number of carbonyl (C=O) groups is 3. The van der Waals surface area contributed by atoms with E-state index in [-0.39, 0.29) is 17.6 Å². The molecular formula is C18H22O4. The zero-order valence-electron chi connectivity index (χ0n) is 13.3. The lowest BCUT2D eigenvalue weighted by molar-refractivity contribution is -0.143. The van der Waals surface area contributed by atoms with Crippen LogP contribution in [0.2, 0.25) is 0 Å². The highest BCUT2D eigenvalue weighted by molar-refractivity contribution is 6.45. The van der Waals surface area contributed by atoms with E-state index in [9.17, 15) is 14.4 Å². The molecule has 0 aliphatic heterocycles. The minimum absolute atomic E-state index is 0.330. The van der Waals surface area contributed by atoms with Gasteiger partial charge in [0, 0.05) is 11.5 Å². The Labute approximate surface area is 130 Å². The minimum atomic E-state index is -0.803. The van der Waals surface area contributed by atoms with Crippen molar-refractivity contribution in [3.8, 4) is 0 Å². The highest BCUT2D eigenvalue weighted by atomic mass is 16.4. The summed E-state index contributed by atoms with van der Waals surface area (Å²) in [6.07, 6.45) is 1.94. The molecule has 118 valence electrons. The largest absolute Gasteiger partial charge is 0.481 e. The van der Waals surface area contributed by atoms with Crippen molar-refractivity contribution in [1.29, 1.82) is 0 Å². The summed E-state index contributed by atoms with van der Waals surface area (Å²) in [7, 11) is 0. The van der Waals surface area contributed by atoms with Gasteiger partial charge in [0.1, 0.15) is 0 Å². The zero-order chi connectivity index (χ0) is 16.4. The van der Waals surface area contributed by atoms with Crippen LogP contribution in [0.25, 0.3) is 0 Å². The number of carboxylic acids is 1. The minimum Gasteiger partial charge on any atom is -0.481 e. The molecule has 1 aromatic carbocycles. The molecule has 0 atom stereocenters. The van der Waals surface area contributed by atoms with Gasteiger partial charge in [0.2, 0.25) is 11.6 Å². The fourth-order valence-electron chi connectivity index (χ4n) is 3.45. The number of aliphatic carboxylic acids is 1. The lowest BCUT2D eigenvalue weighted by atomic mass is 9.78. The SMILES string of the molecule is Cc1cc(C)c(C(=O)C(=O)C2CCC(C(=O)O)CC2)c(C)c1. The van der Waals surface area contributed by atoms with Crippen molar-refractivity contribution in [3.05, 3.63) is 34.4 Å². The molecule has 1 fully saturated rings. The fourth-order valence-corrected chi connectivity index (χ4v) is 3.45. The molecule has 22 heavy (non-hydrogen) atoms. The van der Waals surface area contributed by atoms with Gasteiger partial charge in [0.05, 0.1) is 5.92 Å². The molecule has 4 heteroatoms. The van der Waals surface area contributed by atoms with Gasteiger partial charge in [0.15, 0.2) is 0 Å². The third-order valence-corrected chi connectivity index (χ3v) is 4.58. The normalized spacial score (nSPS) is 21.4. The highest BCUT2D eigenvalue weighted by Crippen LogP contribution is 2.31. The molecular weight excluding hydrogens is 280 g/mol. The summed E-state index contributed by atoms with van der Waals surface area (Å²) in [5, 5.41) is 9.00. The maximum Gasteiger partial charge on any atom is 0.306 e. The lowest BCUT2D eigenvalue weighted by Crippen LogP contribution is -2.30. The van der Waals surface area contributed by atoms with Gasteiger partial charge in [0.25, 0.3) is 0 Å². The summed E-state index contributed by atoms with van der Waals surface area (Å²) in [4.78, 5) is 36.0. The molecule has 1 aromatic rings. The molecule has 1 aliphatic carbocycles. The van der Waals surface area contributed by atoms with Gasteiger partial charge in [-0.25, -0.2) is 0 Å². The van der Waals surface area contributed by atoms with Crippen LogP contribution in [0.4, 0.5) is 0 Å². The Bertz CT molecular complexity index is 599. The molecule has 0 aromatic heterocycles. The molecule has 1 aliphatic rings. The Morgan fingerprint density at radius 1 is 0.909 bits per heavy atom. The number of hydrogen-bond donors (Lipinski definition) is 1. The number of benzene rings is 1. The van der Waals surface area contributed by atoms with Crippen LogP contribution in [0, 0.1) is 32.6 Å². The van der Waals surface area contributed by atoms with E-state index in [4.69, 9.17) is 5.11 Å². The molecule has 0 saturated heterocycles. The third-order valence-electron chi connectivity index (χ3n) is 4.58. The second-order valence-electron chi connectivity index (χ2n) is 6.35. The molecule has 4 nitrogen and oxygen atoms in total. The quantitative estimate of drug-likeness (QED) is 0.684. The number of carboxylic acid groups (broad SMARTS) is 1. The van der Waals surface area contributed by atoms with Gasteiger partial charge >= 0.3 is 5.97 Å². The van der Waals surface area contributed by atoms with Crippen molar-refractivity contribution in [1.82, 2.24) is 0 Å². The van der Waals surface area contributed by atoms with E-state index in [1.54, 1.807) is 0 Å². The molecule has 0 spiro atoms. The van der Waals surface area contributed by atoms with Gasteiger partial charge in [-0.05, 0) is 57.6 Å². The first-order valence-electron chi connectivity index (χ1n) is 7.70. The van der Waals surface area contributed by atoms with Gasteiger partial charge in [-0.1, -0.05) is 17.7 Å². The molecule has 2 rings (SSSR count). The summed E-state index contributed by atoms with van der Waals surface area (Å²) in [6, 6.07) is 3.82. The smallest absolute Gasteiger partial charge is 0.306 e. The molecule has 1 N–H and O–H groups in total. The monoisotopic (exact) mass is 302 g/mol. The Morgan fingerprint density at radius 3 is 1.82 bits per heavy atom. The maximum absolute atomic E-state index is 12.5. The zero-order valence-corrected chi connectivity index (χ0v) is 13.3. The van der Waals surface area contributed by atoms with Crippen molar-refractivity contribution in [2.75, 3.05) is 0 Å². The number of Topliss-reactive ketones (excluding diaryl/α,β-unsaturated/α-hetero) is 2. The molecule has 1 saturated carbocycles. The average molecular weight is 302 g/mol. The van der Waals surface area contributed by atoms with Crippen LogP contribution in [0.15, 0.2) is 12.1 Å². The van der Waals surface area contributed by atoms with Gasteiger partial charge in [-0.15, -0.1) is 0 Å². The van der Waals surface area contributed by atoms with E-state index in [1.165, 1.54) is 0 Å². The summed E-state index contributed by atoms with van der Waals surface area (Å²) in [5.74, 6) is -2.29. The van der Waals surface area contributed by atoms with E-state index in [2.05, 4.69) is 0 Å². The van der Waals surface area contributed by atoms with Crippen LogP contribution in [-0.2, 0) is 9.59 Å². The van der Waals surface area contributed by atoms with Crippen molar-refractivity contribution < 1.29 is 19.5 Å². The lowest BCUT2D eigenvalue weighted by Gasteiger charge is -2.24. The summed E-state index contributed by atoms with van der Waals surface area (Å²) in [5.41, 5.74) is 3.24. The topological polar surface area (TPSA) is 71.4 Å². The van der Waals surface area contributed by atoms with Gasteiger partial charge in [-0.3, -0.25) is 14.4 Å². The summed E-state index contributed by atoms with van der Waals surface area (Å²) in [6.45, 7) is 5.66. The second-order valence-corrected chi connectivity index (χ2v) is 6.35. The third kappa shape index (κ3) is 3.26. The number of hydrogen-bond acceptors (Lipinski definition) is 3. The Balaban J connectivity index is 2.14. The van der Waals surface area contributed by atoms with Crippen LogP contribution < -0.4 is 0 Å². The predicted molar refractivity (Wildman–Crippen MR) is 83.1 cm³/mol. The van der Waals surface area contributed by atoms with Gasteiger partial charge in [-0.2, -0.15) is 0 Å². The van der Waals surface area contributed by atoms with E-state index in [0.29, 0.717) is 31.2 Å². The van der Waals surface area contributed by atoms with Crippen molar-refractivity contribution >= 4 is 17.5 Å². The van der Waals surface area contributed by atoms with Crippen molar-refractivity contribution in [3.63, 3.8) is 0 Å². The van der Waals surface area contributed by atoms with Crippen LogP contribution >= 0.6 is 0 Å². The number of rotatable bonds is 4. The average Bonchev–Trinajstić information content (AvgIpc) is 2.45. The maximum atomic E-state index is 12.5. The summed E-state index contributed by atoms with van der Waals surface area (Å²) < 4.78 is 0. The number of ketones is 2. The van der Waals surface area contributed by atoms with Gasteiger partial charge < -0.3 is 5.11 Å². The van der Waals surface area contributed by atoms with Crippen LogP contribution in [-0.4, -0.2) is 22.6 Å². The second kappa shape index (κ2) is 6.42. The number of carbonyl (C=O) groups excluding carboxylic acids is 2. The van der Waals surface area contributed by atoms with E-state index in [0.717, 1.165) is 16.7 Å². The van der Waals surface area contributed by atoms with E-state index < -0.39 is 11.8 Å². The number of aryl methyl sites for hydroxylation is 3.